The molecule has 1 saturated carbocycles. The Labute approximate surface area is 154 Å². The number of hydrogen-bond acceptors (Lipinski definition) is 6. The summed E-state index contributed by atoms with van der Waals surface area (Å²) in [6.07, 6.45) is 8.64. The molecule has 7 heteroatoms. The van der Waals surface area contributed by atoms with Crippen molar-refractivity contribution in [3.05, 3.63) is 23.5 Å². The molecule has 1 aliphatic heterocycles. The highest BCUT2D eigenvalue weighted by molar-refractivity contribution is 5.74. The summed E-state index contributed by atoms with van der Waals surface area (Å²) in [6, 6.07) is 3.09. The molecule has 3 atom stereocenters. The Balaban J connectivity index is 1.64. The molecule has 3 N–H and O–H groups in total. The van der Waals surface area contributed by atoms with E-state index in [0.717, 1.165) is 29.9 Å². The van der Waals surface area contributed by atoms with E-state index in [1.54, 1.807) is 4.52 Å². The van der Waals surface area contributed by atoms with Crippen LogP contribution in [0.5, 0.6) is 0 Å². The van der Waals surface area contributed by atoms with Gasteiger partial charge in [-0.15, -0.1) is 0 Å². The zero-order chi connectivity index (χ0) is 18.3. The van der Waals surface area contributed by atoms with Crippen LogP contribution in [0.4, 0.5) is 5.82 Å². The van der Waals surface area contributed by atoms with Gasteiger partial charge in [-0.05, 0) is 19.3 Å². The number of nitrogens with two attached hydrogens (primary N) is 1. The van der Waals surface area contributed by atoms with Crippen molar-refractivity contribution < 1.29 is 0 Å². The van der Waals surface area contributed by atoms with Gasteiger partial charge in [-0.1, -0.05) is 20.3 Å². The summed E-state index contributed by atoms with van der Waals surface area (Å²) in [7, 11) is 1.99. The Bertz CT molecular complexity index is 810. The average molecular weight is 355 g/mol. The van der Waals surface area contributed by atoms with Crippen LogP contribution in [-0.4, -0.2) is 51.5 Å². The molecule has 0 aromatic carbocycles. The fourth-order valence-corrected chi connectivity index (χ4v) is 4.33. The topological polar surface area (TPSA) is 83.8 Å². The van der Waals surface area contributed by atoms with Crippen molar-refractivity contribution in [3.8, 4) is 0 Å². The molecule has 0 amide bonds. The maximum absolute atomic E-state index is 6.32. The Morgan fingerprint density at radius 3 is 2.88 bits per heavy atom. The number of anilines is 1. The number of nitrogens with one attached hydrogen (secondary N) is 1. The Morgan fingerprint density at radius 1 is 1.31 bits per heavy atom. The number of likely N-dealkylation sites (N-methyl/N-ethyl adjacent to an activating group) is 1. The predicted molar refractivity (Wildman–Crippen MR) is 105 cm³/mol. The van der Waals surface area contributed by atoms with Crippen LogP contribution >= 0.6 is 0 Å². The molecular weight excluding hydrogens is 326 g/mol. The maximum Gasteiger partial charge on any atom is 0.161 e. The summed E-state index contributed by atoms with van der Waals surface area (Å²) in [5, 5.41) is 14.5. The second-order valence-corrected chi connectivity index (χ2v) is 8.03. The first-order valence-corrected chi connectivity index (χ1v) is 9.66. The van der Waals surface area contributed by atoms with Crippen molar-refractivity contribution in [1.29, 1.82) is 0 Å². The lowest BCUT2D eigenvalue weighted by molar-refractivity contribution is 0.319. The first kappa shape index (κ1) is 17.3. The predicted octanol–water partition coefficient (Wildman–Crippen LogP) is 2.35. The maximum atomic E-state index is 6.32. The van der Waals surface area contributed by atoms with Gasteiger partial charge in [0.1, 0.15) is 5.82 Å². The van der Waals surface area contributed by atoms with Gasteiger partial charge in [0.2, 0.25) is 0 Å². The molecule has 4 rings (SSSR count). The minimum Gasteiger partial charge on any atom is -0.384 e. The molecule has 0 spiro atoms. The molecule has 3 heterocycles. The summed E-state index contributed by atoms with van der Waals surface area (Å²) < 4.78 is 1.76. The number of nitrogen functional groups attached to an aromatic ring is 1. The summed E-state index contributed by atoms with van der Waals surface area (Å²) in [5.74, 6) is 1.34. The van der Waals surface area contributed by atoms with Crippen molar-refractivity contribution in [2.45, 2.75) is 63.5 Å². The number of rotatable bonds is 4. The second kappa shape index (κ2) is 6.87. The molecule has 2 aromatic rings. The molecular formula is C19H29N7. The van der Waals surface area contributed by atoms with Gasteiger partial charge < -0.3 is 11.1 Å². The third-order valence-electron chi connectivity index (χ3n) is 5.51. The highest BCUT2D eigenvalue weighted by atomic mass is 15.4. The van der Waals surface area contributed by atoms with E-state index < -0.39 is 0 Å². The van der Waals surface area contributed by atoms with E-state index in [1.165, 1.54) is 19.3 Å². The largest absolute Gasteiger partial charge is 0.384 e. The molecule has 2 aliphatic rings. The number of fused-ring (bicyclic) bond motifs is 1. The van der Waals surface area contributed by atoms with Gasteiger partial charge in [0.15, 0.2) is 5.65 Å². The van der Waals surface area contributed by atoms with E-state index in [0.29, 0.717) is 23.8 Å². The van der Waals surface area contributed by atoms with Gasteiger partial charge in [-0.2, -0.15) is 14.7 Å². The van der Waals surface area contributed by atoms with Gasteiger partial charge in [0.25, 0.3) is 0 Å². The van der Waals surface area contributed by atoms with Gasteiger partial charge >= 0.3 is 0 Å². The number of hydrogen-bond donors (Lipinski definition) is 2. The SMILES string of the molecule is CC(C)N[C@@H]1CCC[C@H](c2cc(N)n3ncc(C4C=NN(C)C4)c3n2)C1. The van der Waals surface area contributed by atoms with Gasteiger partial charge in [-0.3, -0.25) is 5.01 Å². The fourth-order valence-electron chi connectivity index (χ4n) is 4.33. The number of nitrogens with zero attached hydrogens (tertiary/aromatic N) is 5. The summed E-state index contributed by atoms with van der Waals surface area (Å²) in [5.41, 5.74) is 9.42. The molecule has 0 saturated heterocycles. The van der Waals surface area contributed by atoms with Crippen LogP contribution < -0.4 is 11.1 Å². The first-order valence-electron chi connectivity index (χ1n) is 9.66. The fraction of sp³-hybridized carbons (Fsp3) is 0.632. The van der Waals surface area contributed by atoms with Crippen molar-refractivity contribution >= 4 is 17.7 Å². The zero-order valence-electron chi connectivity index (χ0n) is 15.9. The van der Waals surface area contributed by atoms with E-state index in [-0.39, 0.29) is 5.92 Å². The minimum atomic E-state index is 0.223. The minimum absolute atomic E-state index is 0.223. The Kier molecular flexibility index (Phi) is 4.56. The highest BCUT2D eigenvalue weighted by Crippen LogP contribution is 2.34. The van der Waals surface area contributed by atoms with Crippen LogP contribution in [0, 0.1) is 0 Å². The summed E-state index contributed by atoms with van der Waals surface area (Å²) >= 11 is 0. The van der Waals surface area contributed by atoms with Crippen LogP contribution in [0.3, 0.4) is 0 Å². The van der Waals surface area contributed by atoms with E-state index in [1.807, 2.05) is 30.5 Å². The molecule has 2 aromatic heterocycles. The van der Waals surface area contributed by atoms with E-state index >= 15 is 0 Å². The van der Waals surface area contributed by atoms with E-state index in [2.05, 4.69) is 29.4 Å². The van der Waals surface area contributed by atoms with Gasteiger partial charge in [0, 0.05) is 61.1 Å². The lowest BCUT2D eigenvalue weighted by Crippen LogP contribution is -2.38. The zero-order valence-corrected chi connectivity index (χ0v) is 15.9. The number of aromatic nitrogens is 3. The Hall–Kier alpha value is -2.15. The standard InChI is InChI=1S/C19H29N7/c1-12(2)23-15-6-4-5-13(7-15)17-8-18(20)26-19(24-17)16(10-22-26)14-9-21-25(3)11-14/h8-10,12-15,23H,4-7,11,20H2,1-3H3/t13-,14?,15+/m0/s1. The van der Waals surface area contributed by atoms with Crippen molar-refractivity contribution in [2.24, 2.45) is 5.10 Å². The number of hydrazone groups is 1. The summed E-state index contributed by atoms with van der Waals surface area (Å²) in [6.45, 7) is 5.28. The lowest BCUT2D eigenvalue weighted by Gasteiger charge is -2.31. The molecule has 1 fully saturated rings. The monoisotopic (exact) mass is 355 g/mol. The molecule has 0 radical (unpaired) electrons. The van der Waals surface area contributed by atoms with Crippen molar-refractivity contribution in [2.75, 3.05) is 19.3 Å². The highest BCUT2D eigenvalue weighted by Gasteiger charge is 2.27. The van der Waals surface area contributed by atoms with Crippen LogP contribution in [0.2, 0.25) is 0 Å². The molecule has 0 bridgehead atoms. The Morgan fingerprint density at radius 2 is 2.15 bits per heavy atom. The van der Waals surface area contributed by atoms with E-state index in [9.17, 15) is 0 Å². The summed E-state index contributed by atoms with van der Waals surface area (Å²) in [4.78, 5) is 5.02. The van der Waals surface area contributed by atoms with Crippen molar-refractivity contribution in [3.63, 3.8) is 0 Å². The van der Waals surface area contributed by atoms with Crippen LogP contribution in [0.25, 0.3) is 5.65 Å². The van der Waals surface area contributed by atoms with Crippen LogP contribution in [-0.2, 0) is 0 Å². The quantitative estimate of drug-likeness (QED) is 0.879. The molecule has 140 valence electrons. The molecule has 7 nitrogen and oxygen atoms in total. The van der Waals surface area contributed by atoms with Crippen LogP contribution in [0.15, 0.2) is 17.4 Å². The van der Waals surface area contributed by atoms with Gasteiger partial charge in [0.05, 0.1) is 6.20 Å². The third-order valence-corrected chi connectivity index (χ3v) is 5.51. The van der Waals surface area contributed by atoms with E-state index in [4.69, 9.17) is 10.7 Å². The average Bonchev–Trinajstić information content (AvgIpc) is 3.20. The second-order valence-electron chi connectivity index (χ2n) is 8.03. The third kappa shape index (κ3) is 3.28. The first-order chi connectivity index (χ1) is 12.5. The lowest BCUT2D eigenvalue weighted by atomic mass is 9.83. The van der Waals surface area contributed by atoms with Crippen molar-refractivity contribution in [1.82, 2.24) is 24.9 Å². The van der Waals surface area contributed by atoms with Gasteiger partial charge in [-0.25, -0.2) is 4.98 Å². The van der Waals surface area contributed by atoms with Crippen LogP contribution in [0.1, 0.15) is 62.6 Å². The molecule has 26 heavy (non-hydrogen) atoms. The smallest absolute Gasteiger partial charge is 0.161 e. The normalized spacial score (nSPS) is 26.3. The molecule has 1 unspecified atom stereocenters. The molecule has 1 aliphatic carbocycles.